The minimum absolute atomic E-state index is 0.328. The fourth-order valence-electron chi connectivity index (χ4n) is 1.81. The molecule has 0 aliphatic carbocycles. The van der Waals surface area contributed by atoms with Gasteiger partial charge in [0.25, 0.3) is 0 Å². The Kier molecular flexibility index (Phi) is 5.11. The first-order chi connectivity index (χ1) is 10.1. The number of aryl methyl sites for hydroxylation is 1. The molecule has 0 bridgehead atoms. The van der Waals surface area contributed by atoms with Crippen LogP contribution in [0.2, 0.25) is 0 Å². The number of ether oxygens (including phenoxy) is 1. The van der Waals surface area contributed by atoms with Crippen LogP contribution in [0.1, 0.15) is 12.5 Å². The van der Waals surface area contributed by atoms with Crippen molar-refractivity contribution in [3.8, 4) is 5.75 Å². The number of nitrogens with one attached hydrogen (secondary N) is 2. The highest BCUT2D eigenvalue weighted by Crippen LogP contribution is 2.18. The Morgan fingerprint density at radius 2 is 1.86 bits per heavy atom. The molecule has 0 unspecified atom stereocenters. The Labute approximate surface area is 129 Å². The maximum absolute atomic E-state index is 13.7. The Morgan fingerprint density at radius 3 is 2.48 bits per heavy atom. The van der Waals surface area contributed by atoms with Crippen molar-refractivity contribution in [2.75, 3.05) is 17.2 Å². The first-order valence-electron chi connectivity index (χ1n) is 6.65. The van der Waals surface area contributed by atoms with Crippen LogP contribution in [-0.4, -0.2) is 11.7 Å². The van der Waals surface area contributed by atoms with E-state index >= 15 is 0 Å². The Balaban J connectivity index is 1.98. The maximum Gasteiger partial charge on any atom is 0.175 e. The smallest absolute Gasteiger partial charge is 0.175 e. The summed E-state index contributed by atoms with van der Waals surface area (Å²) in [5, 5.41) is 6.17. The second kappa shape index (κ2) is 7.04. The predicted octanol–water partition coefficient (Wildman–Crippen LogP) is 4.34. The Morgan fingerprint density at radius 1 is 1.14 bits per heavy atom. The van der Waals surface area contributed by atoms with Crippen molar-refractivity contribution in [1.29, 1.82) is 0 Å². The highest BCUT2D eigenvalue weighted by atomic mass is 32.1. The van der Waals surface area contributed by atoms with Crippen LogP contribution in [0, 0.1) is 12.7 Å². The molecule has 0 fully saturated rings. The Bertz CT molecular complexity index is 629. The SMILES string of the molecule is CCOc1ccc(NC(=S)Nc2ccc(C)cc2F)cc1. The van der Waals surface area contributed by atoms with Gasteiger partial charge in [-0.3, -0.25) is 0 Å². The fraction of sp³-hybridized carbons (Fsp3) is 0.188. The molecular weight excluding hydrogens is 287 g/mol. The van der Waals surface area contributed by atoms with Gasteiger partial charge in [0.1, 0.15) is 11.6 Å². The van der Waals surface area contributed by atoms with Crippen LogP contribution in [0.25, 0.3) is 0 Å². The third kappa shape index (κ3) is 4.43. The molecule has 2 rings (SSSR count). The normalized spacial score (nSPS) is 10.0. The molecule has 110 valence electrons. The van der Waals surface area contributed by atoms with Gasteiger partial charge in [-0.1, -0.05) is 6.07 Å². The molecule has 2 aromatic rings. The van der Waals surface area contributed by atoms with E-state index in [1.54, 1.807) is 6.07 Å². The summed E-state index contributed by atoms with van der Waals surface area (Å²) in [5.74, 6) is 0.470. The number of hydrogen-bond acceptors (Lipinski definition) is 2. The second-order valence-electron chi connectivity index (χ2n) is 4.52. The van der Waals surface area contributed by atoms with E-state index in [-0.39, 0.29) is 5.82 Å². The van der Waals surface area contributed by atoms with E-state index in [1.165, 1.54) is 6.07 Å². The van der Waals surface area contributed by atoms with Crippen molar-refractivity contribution in [2.45, 2.75) is 13.8 Å². The number of anilines is 2. The highest BCUT2D eigenvalue weighted by molar-refractivity contribution is 7.80. The lowest BCUT2D eigenvalue weighted by Crippen LogP contribution is -2.19. The largest absolute Gasteiger partial charge is 0.494 e. The van der Waals surface area contributed by atoms with E-state index in [0.717, 1.165) is 17.0 Å². The lowest BCUT2D eigenvalue weighted by Gasteiger charge is -2.12. The minimum atomic E-state index is -0.328. The van der Waals surface area contributed by atoms with Gasteiger partial charge in [0, 0.05) is 5.69 Å². The summed E-state index contributed by atoms with van der Waals surface area (Å²) in [6.07, 6.45) is 0. The van der Waals surface area contributed by atoms with Crippen molar-refractivity contribution in [1.82, 2.24) is 0 Å². The topological polar surface area (TPSA) is 33.3 Å². The van der Waals surface area contributed by atoms with Gasteiger partial charge in [-0.2, -0.15) is 0 Å². The number of hydrogen-bond donors (Lipinski definition) is 2. The van der Waals surface area contributed by atoms with Gasteiger partial charge in [-0.15, -0.1) is 0 Å². The maximum atomic E-state index is 13.7. The van der Waals surface area contributed by atoms with E-state index in [2.05, 4.69) is 10.6 Å². The van der Waals surface area contributed by atoms with Gasteiger partial charge >= 0.3 is 0 Å². The zero-order valence-corrected chi connectivity index (χ0v) is 12.8. The van der Waals surface area contributed by atoms with Crippen LogP contribution >= 0.6 is 12.2 Å². The van der Waals surface area contributed by atoms with E-state index in [0.29, 0.717) is 17.4 Å². The lowest BCUT2D eigenvalue weighted by molar-refractivity contribution is 0.340. The second-order valence-corrected chi connectivity index (χ2v) is 4.93. The molecule has 3 nitrogen and oxygen atoms in total. The summed E-state index contributed by atoms with van der Waals surface area (Å²) in [5.41, 5.74) is 2.02. The molecule has 2 N–H and O–H groups in total. The monoisotopic (exact) mass is 304 g/mol. The third-order valence-electron chi connectivity index (χ3n) is 2.80. The summed E-state index contributed by atoms with van der Waals surface area (Å²) >= 11 is 5.17. The minimum Gasteiger partial charge on any atom is -0.494 e. The van der Waals surface area contributed by atoms with Crippen molar-refractivity contribution >= 4 is 28.7 Å². The molecule has 21 heavy (non-hydrogen) atoms. The molecule has 2 aromatic carbocycles. The molecule has 0 aliphatic rings. The summed E-state index contributed by atoms with van der Waals surface area (Å²) < 4.78 is 19.1. The van der Waals surface area contributed by atoms with Crippen LogP contribution in [0.3, 0.4) is 0 Å². The average Bonchev–Trinajstić information content (AvgIpc) is 2.44. The standard InChI is InChI=1S/C16H17FN2OS/c1-3-20-13-7-5-12(6-8-13)18-16(21)19-15-9-4-11(2)10-14(15)17/h4-10H,3H2,1-2H3,(H2,18,19,21). The van der Waals surface area contributed by atoms with Gasteiger partial charge in [-0.25, -0.2) is 4.39 Å². The van der Waals surface area contributed by atoms with Crippen molar-refractivity contribution in [3.63, 3.8) is 0 Å². The van der Waals surface area contributed by atoms with E-state index in [1.807, 2.05) is 44.2 Å². The number of thiocarbonyl (C=S) groups is 1. The van der Waals surface area contributed by atoms with E-state index in [4.69, 9.17) is 17.0 Å². The zero-order chi connectivity index (χ0) is 15.2. The van der Waals surface area contributed by atoms with Gasteiger partial charge in [0.05, 0.1) is 12.3 Å². The molecule has 0 aromatic heterocycles. The first kappa shape index (κ1) is 15.3. The van der Waals surface area contributed by atoms with Crippen molar-refractivity contribution < 1.29 is 9.13 Å². The molecule has 0 heterocycles. The third-order valence-corrected chi connectivity index (χ3v) is 3.00. The fourth-order valence-corrected chi connectivity index (χ4v) is 2.04. The molecule has 0 radical (unpaired) electrons. The summed E-state index contributed by atoms with van der Waals surface area (Å²) in [4.78, 5) is 0. The van der Waals surface area contributed by atoms with Gasteiger partial charge in [0.15, 0.2) is 5.11 Å². The number of rotatable bonds is 4. The number of halogens is 1. The van der Waals surface area contributed by atoms with Gasteiger partial charge in [0.2, 0.25) is 0 Å². The summed E-state index contributed by atoms with van der Waals surface area (Å²) in [6, 6.07) is 12.3. The predicted molar refractivity (Wildman–Crippen MR) is 88.6 cm³/mol. The Hall–Kier alpha value is -2.14. The van der Waals surface area contributed by atoms with E-state index < -0.39 is 0 Å². The van der Waals surface area contributed by atoms with Crippen LogP contribution in [0.5, 0.6) is 5.75 Å². The van der Waals surface area contributed by atoms with Crippen LogP contribution < -0.4 is 15.4 Å². The molecule has 0 spiro atoms. The van der Waals surface area contributed by atoms with Gasteiger partial charge in [-0.05, 0) is 68.0 Å². The van der Waals surface area contributed by atoms with Crippen molar-refractivity contribution in [2.24, 2.45) is 0 Å². The molecule has 0 saturated carbocycles. The molecule has 0 amide bonds. The van der Waals surface area contributed by atoms with Crippen LogP contribution in [0.15, 0.2) is 42.5 Å². The van der Waals surface area contributed by atoms with Gasteiger partial charge < -0.3 is 15.4 Å². The summed E-state index contributed by atoms with van der Waals surface area (Å²) in [6.45, 7) is 4.39. The highest BCUT2D eigenvalue weighted by Gasteiger charge is 2.04. The van der Waals surface area contributed by atoms with Crippen LogP contribution in [0.4, 0.5) is 15.8 Å². The molecule has 0 atom stereocenters. The van der Waals surface area contributed by atoms with Crippen molar-refractivity contribution in [3.05, 3.63) is 53.8 Å². The first-order valence-corrected chi connectivity index (χ1v) is 7.06. The average molecular weight is 304 g/mol. The lowest BCUT2D eigenvalue weighted by atomic mass is 10.2. The molecular formula is C16H17FN2OS. The zero-order valence-electron chi connectivity index (χ0n) is 11.9. The summed E-state index contributed by atoms with van der Waals surface area (Å²) in [7, 11) is 0. The molecule has 0 aliphatic heterocycles. The van der Waals surface area contributed by atoms with Crippen LogP contribution in [-0.2, 0) is 0 Å². The number of benzene rings is 2. The molecule has 5 heteroatoms. The quantitative estimate of drug-likeness (QED) is 0.823. The van der Waals surface area contributed by atoms with E-state index in [9.17, 15) is 4.39 Å². The molecule has 0 saturated heterocycles.